The molecule has 0 saturated heterocycles. The van der Waals surface area contributed by atoms with Gasteiger partial charge in [-0.1, -0.05) is 6.92 Å². The van der Waals surface area contributed by atoms with Crippen LogP contribution in [0.25, 0.3) is 0 Å². The van der Waals surface area contributed by atoms with Crippen LogP contribution in [0.1, 0.15) is 45.4 Å². The lowest BCUT2D eigenvalue weighted by atomic mass is 9.49. The van der Waals surface area contributed by atoms with E-state index in [0.717, 1.165) is 29.6 Å². The molecule has 1 N–H and O–H groups in total. The maximum Gasteiger partial charge on any atom is 0.303 e. The van der Waals surface area contributed by atoms with E-state index in [0.29, 0.717) is 12.3 Å². The molecule has 1 unspecified atom stereocenters. The third kappa shape index (κ3) is 1.66. The first-order valence-corrected chi connectivity index (χ1v) is 6.85. The normalized spacial score (nSPS) is 46.9. The van der Waals surface area contributed by atoms with Crippen molar-refractivity contribution in [3.63, 3.8) is 0 Å². The van der Waals surface area contributed by atoms with Gasteiger partial charge in [-0.3, -0.25) is 4.79 Å². The molecule has 4 bridgehead atoms. The van der Waals surface area contributed by atoms with E-state index < -0.39 is 5.97 Å². The van der Waals surface area contributed by atoms with E-state index >= 15 is 0 Å². The highest BCUT2D eigenvalue weighted by atomic mass is 16.4. The van der Waals surface area contributed by atoms with Crippen LogP contribution < -0.4 is 0 Å². The standard InChI is InChI=1S/C14H22O2/c1-8(2-13(15)16)14-11-4-9-3-10(6-11)7-12(14)5-9/h8-12,14H,2-7H2,1H3,(H,15,16). The van der Waals surface area contributed by atoms with Crippen LogP contribution in [-0.4, -0.2) is 11.1 Å². The molecule has 0 spiro atoms. The summed E-state index contributed by atoms with van der Waals surface area (Å²) in [4.78, 5) is 10.8. The second kappa shape index (κ2) is 3.75. The van der Waals surface area contributed by atoms with Crippen molar-refractivity contribution < 1.29 is 9.90 Å². The van der Waals surface area contributed by atoms with E-state index in [1.165, 1.54) is 32.1 Å². The summed E-state index contributed by atoms with van der Waals surface area (Å²) in [7, 11) is 0. The van der Waals surface area contributed by atoms with Crippen LogP contribution in [0.5, 0.6) is 0 Å². The summed E-state index contributed by atoms with van der Waals surface area (Å²) >= 11 is 0. The van der Waals surface area contributed by atoms with Gasteiger partial charge < -0.3 is 5.11 Å². The molecule has 2 heteroatoms. The van der Waals surface area contributed by atoms with E-state index in [1.54, 1.807) is 0 Å². The Morgan fingerprint density at radius 1 is 1.12 bits per heavy atom. The van der Waals surface area contributed by atoms with Crippen molar-refractivity contribution in [2.45, 2.75) is 45.4 Å². The van der Waals surface area contributed by atoms with E-state index in [-0.39, 0.29) is 0 Å². The Hall–Kier alpha value is -0.530. The summed E-state index contributed by atoms with van der Waals surface area (Å²) in [6, 6.07) is 0. The van der Waals surface area contributed by atoms with Gasteiger partial charge in [-0.05, 0) is 67.6 Å². The molecule has 4 saturated carbocycles. The predicted molar refractivity (Wildman–Crippen MR) is 62.0 cm³/mol. The van der Waals surface area contributed by atoms with Gasteiger partial charge in [0.1, 0.15) is 0 Å². The lowest BCUT2D eigenvalue weighted by molar-refractivity contribution is -0.140. The Morgan fingerprint density at radius 3 is 2.06 bits per heavy atom. The number of carboxylic acids is 1. The average Bonchev–Trinajstić information content (AvgIpc) is 2.13. The van der Waals surface area contributed by atoms with Gasteiger partial charge in [-0.25, -0.2) is 0 Å². The fraction of sp³-hybridized carbons (Fsp3) is 0.929. The fourth-order valence-corrected chi connectivity index (χ4v) is 5.31. The Morgan fingerprint density at radius 2 is 1.62 bits per heavy atom. The van der Waals surface area contributed by atoms with Gasteiger partial charge in [-0.15, -0.1) is 0 Å². The summed E-state index contributed by atoms with van der Waals surface area (Å²) in [5.74, 6) is 4.24. The van der Waals surface area contributed by atoms with Crippen LogP contribution in [-0.2, 0) is 4.79 Å². The van der Waals surface area contributed by atoms with Crippen LogP contribution in [0.15, 0.2) is 0 Å². The van der Waals surface area contributed by atoms with Crippen LogP contribution >= 0.6 is 0 Å². The molecule has 0 aromatic carbocycles. The number of carboxylic acid groups (broad SMARTS) is 1. The minimum absolute atomic E-state index is 0.382. The molecule has 0 radical (unpaired) electrons. The van der Waals surface area contributed by atoms with Crippen molar-refractivity contribution in [3.8, 4) is 0 Å². The van der Waals surface area contributed by atoms with Gasteiger partial charge >= 0.3 is 5.97 Å². The Labute approximate surface area is 97.4 Å². The van der Waals surface area contributed by atoms with Gasteiger partial charge in [0, 0.05) is 6.42 Å². The molecular formula is C14H22O2. The van der Waals surface area contributed by atoms with Crippen LogP contribution in [0, 0.1) is 35.5 Å². The zero-order valence-electron chi connectivity index (χ0n) is 10.1. The fourth-order valence-electron chi connectivity index (χ4n) is 5.31. The monoisotopic (exact) mass is 222 g/mol. The topological polar surface area (TPSA) is 37.3 Å². The maximum atomic E-state index is 10.8. The first-order chi connectivity index (χ1) is 7.63. The number of hydrogen-bond donors (Lipinski definition) is 1. The SMILES string of the molecule is CC(CC(=O)O)C1C2CC3CC(C2)CC1C3. The number of aliphatic carboxylic acids is 1. The zero-order chi connectivity index (χ0) is 11.3. The molecule has 4 rings (SSSR count). The van der Waals surface area contributed by atoms with Crippen LogP contribution in [0.4, 0.5) is 0 Å². The molecular weight excluding hydrogens is 200 g/mol. The van der Waals surface area contributed by atoms with E-state index in [9.17, 15) is 4.79 Å². The highest BCUT2D eigenvalue weighted by Crippen LogP contribution is 2.58. The molecule has 0 aromatic heterocycles. The summed E-state index contributed by atoms with van der Waals surface area (Å²) < 4.78 is 0. The number of carbonyl (C=O) groups is 1. The summed E-state index contributed by atoms with van der Waals surface area (Å²) in [6.45, 7) is 2.17. The second-order valence-electron chi connectivity index (χ2n) is 6.58. The second-order valence-corrected chi connectivity index (χ2v) is 6.58. The number of rotatable bonds is 3. The zero-order valence-corrected chi connectivity index (χ0v) is 10.1. The summed E-state index contributed by atoms with van der Waals surface area (Å²) in [5, 5.41) is 8.94. The largest absolute Gasteiger partial charge is 0.481 e. The van der Waals surface area contributed by atoms with E-state index in [2.05, 4.69) is 6.92 Å². The lowest BCUT2D eigenvalue weighted by Crippen LogP contribution is -2.47. The first kappa shape index (κ1) is 10.6. The van der Waals surface area contributed by atoms with E-state index in [4.69, 9.17) is 5.11 Å². The minimum Gasteiger partial charge on any atom is -0.481 e. The molecule has 2 nitrogen and oxygen atoms in total. The first-order valence-electron chi connectivity index (χ1n) is 6.85. The van der Waals surface area contributed by atoms with Crippen molar-refractivity contribution in [2.75, 3.05) is 0 Å². The molecule has 0 heterocycles. The van der Waals surface area contributed by atoms with Crippen molar-refractivity contribution >= 4 is 5.97 Å². The minimum atomic E-state index is -0.610. The van der Waals surface area contributed by atoms with Gasteiger partial charge in [0.15, 0.2) is 0 Å². The Bertz CT molecular complexity index is 269. The number of hydrogen-bond acceptors (Lipinski definition) is 1. The molecule has 0 aromatic rings. The highest BCUT2D eigenvalue weighted by Gasteiger charge is 2.49. The van der Waals surface area contributed by atoms with E-state index in [1.807, 2.05) is 0 Å². The average molecular weight is 222 g/mol. The predicted octanol–water partition coefficient (Wildman–Crippen LogP) is 3.17. The van der Waals surface area contributed by atoms with Gasteiger partial charge in [0.2, 0.25) is 0 Å². The van der Waals surface area contributed by atoms with Crippen LogP contribution in [0.2, 0.25) is 0 Å². The Balaban J connectivity index is 1.73. The van der Waals surface area contributed by atoms with Gasteiger partial charge in [0.05, 0.1) is 0 Å². The van der Waals surface area contributed by atoms with Gasteiger partial charge in [-0.2, -0.15) is 0 Å². The smallest absolute Gasteiger partial charge is 0.303 e. The van der Waals surface area contributed by atoms with Gasteiger partial charge in [0.25, 0.3) is 0 Å². The molecule has 90 valence electrons. The molecule has 0 aliphatic heterocycles. The van der Waals surface area contributed by atoms with Crippen molar-refractivity contribution in [2.24, 2.45) is 35.5 Å². The van der Waals surface area contributed by atoms with Crippen LogP contribution in [0.3, 0.4) is 0 Å². The van der Waals surface area contributed by atoms with Crippen molar-refractivity contribution in [3.05, 3.63) is 0 Å². The molecule has 4 aliphatic carbocycles. The summed E-state index contributed by atoms with van der Waals surface area (Å²) in [5.41, 5.74) is 0. The highest BCUT2D eigenvalue weighted by molar-refractivity contribution is 5.67. The molecule has 0 amide bonds. The quantitative estimate of drug-likeness (QED) is 0.796. The summed E-state index contributed by atoms with van der Waals surface area (Å²) in [6.07, 6.45) is 7.48. The Kier molecular flexibility index (Phi) is 2.49. The lowest BCUT2D eigenvalue weighted by Gasteiger charge is -2.56. The van der Waals surface area contributed by atoms with Crippen molar-refractivity contribution in [1.29, 1.82) is 0 Å². The molecule has 4 fully saturated rings. The molecule has 4 aliphatic rings. The molecule has 1 atom stereocenters. The molecule has 16 heavy (non-hydrogen) atoms. The maximum absolute atomic E-state index is 10.8. The third-order valence-electron chi connectivity index (χ3n) is 5.45. The van der Waals surface area contributed by atoms with Crippen molar-refractivity contribution in [1.82, 2.24) is 0 Å². The third-order valence-corrected chi connectivity index (χ3v) is 5.45.